The van der Waals surface area contributed by atoms with Gasteiger partial charge in [-0.05, 0) is 54.8 Å². The minimum absolute atomic E-state index is 0.0443. The largest absolute Gasteiger partial charge is 0.489 e. The van der Waals surface area contributed by atoms with Gasteiger partial charge in [-0.15, -0.1) is 0 Å². The van der Waals surface area contributed by atoms with E-state index >= 15 is 0 Å². The van der Waals surface area contributed by atoms with Crippen molar-refractivity contribution in [1.29, 1.82) is 0 Å². The third-order valence-electron chi connectivity index (χ3n) is 4.31. The summed E-state index contributed by atoms with van der Waals surface area (Å²) in [5.74, 6) is 1.14. The van der Waals surface area contributed by atoms with Crippen LogP contribution in [-0.2, 0) is 6.61 Å². The predicted molar refractivity (Wildman–Crippen MR) is 95.3 cm³/mol. The number of benzene rings is 2. The quantitative estimate of drug-likeness (QED) is 0.905. The van der Waals surface area contributed by atoms with E-state index in [0.29, 0.717) is 35.4 Å². The summed E-state index contributed by atoms with van der Waals surface area (Å²) in [6, 6.07) is 14.9. The molecule has 1 atom stereocenters. The lowest BCUT2D eigenvalue weighted by atomic mass is 10.1. The lowest BCUT2D eigenvalue weighted by Crippen LogP contribution is -2.29. The molecule has 0 aromatic heterocycles. The molecule has 2 aromatic carbocycles. The first-order valence-corrected chi connectivity index (χ1v) is 8.50. The fraction of sp³-hybridized carbons (Fsp3) is 0.316. The summed E-state index contributed by atoms with van der Waals surface area (Å²) in [4.78, 5) is 14.5. The molecule has 3 rings (SSSR count). The highest BCUT2D eigenvalue weighted by atomic mass is 35.5. The van der Waals surface area contributed by atoms with Crippen molar-refractivity contribution in [3.63, 3.8) is 0 Å². The molecule has 24 heavy (non-hydrogen) atoms. The molecule has 4 nitrogen and oxygen atoms in total. The molecule has 0 spiro atoms. The number of rotatable bonds is 5. The summed E-state index contributed by atoms with van der Waals surface area (Å²) in [6.07, 6.45) is 0.981. The highest BCUT2D eigenvalue weighted by Crippen LogP contribution is 2.21. The first-order valence-electron chi connectivity index (χ1n) is 8.12. The van der Waals surface area contributed by atoms with Gasteiger partial charge in [0.2, 0.25) is 0 Å². The summed E-state index contributed by atoms with van der Waals surface area (Å²) in [5, 5.41) is 0.702. The highest BCUT2D eigenvalue weighted by Gasteiger charge is 2.26. The van der Waals surface area contributed by atoms with Gasteiger partial charge in [0, 0.05) is 23.7 Å². The SMILES string of the molecule is NC[C@@H]1CCN(C(=O)c2cccc(OCc3ccc(Cl)cc3)c2)C1. The van der Waals surface area contributed by atoms with E-state index < -0.39 is 0 Å². The Morgan fingerprint density at radius 3 is 2.75 bits per heavy atom. The van der Waals surface area contributed by atoms with Gasteiger partial charge in [-0.3, -0.25) is 4.79 Å². The summed E-state index contributed by atoms with van der Waals surface area (Å²) in [7, 11) is 0. The summed E-state index contributed by atoms with van der Waals surface area (Å²) in [5.41, 5.74) is 7.38. The minimum Gasteiger partial charge on any atom is -0.489 e. The summed E-state index contributed by atoms with van der Waals surface area (Å²) < 4.78 is 5.79. The molecular formula is C19H21ClN2O2. The van der Waals surface area contributed by atoms with Crippen molar-refractivity contribution in [2.45, 2.75) is 13.0 Å². The molecule has 5 heteroatoms. The number of nitrogens with two attached hydrogens (primary N) is 1. The van der Waals surface area contributed by atoms with Crippen LogP contribution < -0.4 is 10.5 Å². The van der Waals surface area contributed by atoms with Crippen molar-refractivity contribution in [3.05, 3.63) is 64.7 Å². The van der Waals surface area contributed by atoms with Gasteiger partial charge in [0.05, 0.1) is 0 Å². The molecule has 0 aliphatic carbocycles. The highest BCUT2D eigenvalue weighted by molar-refractivity contribution is 6.30. The van der Waals surface area contributed by atoms with Crippen LogP contribution in [0.2, 0.25) is 5.02 Å². The van der Waals surface area contributed by atoms with Gasteiger partial charge >= 0.3 is 0 Å². The molecule has 1 aliphatic rings. The van der Waals surface area contributed by atoms with Crippen LogP contribution in [-0.4, -0.2) is 30.4 Å². The molecule has 1 heterocycles. The van der Waals surface area contributed by atoms with E-state index in [0.717, 1.165) is 25.1 Å². The number of carbonyl (C=O) groups excluding carboxylic acids is 1. The van der Waals surface area contributed by atoms with Crippen molar-refractivity contribution in [2.24, 2.45) is 11.7 Å². The van der Waals surface area contributed by atoms with Gasteiger partial charge < -0.3 is 15.4 Å². The maximum Gasteiger partial charge on any atom is 0.253 e. The van der Waals surface area contributed by atoms with E-state index in [-0.39, 0.29) is 5.91 Å². The Morgan fingerprint density at radius 1 is 1.25 bits per heavy atom. The molecule has 2 N–H and O–H groups in total. The molecular weight excluding hydrogens is 324 g/mol. The number of carbonyl (C=O) groups is 1. The third-order valence-corrected chi connectivity index (χ3v) is 4.56. The lowest BCUT2D eigenvalue weighted by Gasteiger charge is -2.17. The van der Waals surface area contributed by atoms with Gasteiger partial charge in [0.25, 0.3) is 5.91 Å². The Labute approximate surface area is 147 Å². The number of halogens is 1. The van der Waals surface area contributed by atoms with Crippen molar-refractivity contribution < 1.29 is 9.53 Å². The fourth-order valence-corrected chi connectivity index (χ4v) is 2.98. The van der Waals surface area contributed by atoms with E-state index in [1.807, 2.05) is 47.4 Å². The number of nitrogens with zero attached hydrogens (tertiary/aromatic N) is 1. The molecule has 126 valence electrons. The molecule has 0 unspecified atom stereocenters. The van der Waals surface area contributed by atoms with E-state index in [9.17, 15) is 4.79 Å². The molecule has 1 fully saturated rings. The van der Waals surface area contributed by atoms with Gasteiger partial charge in [-0.2, -0.15) is 0 Å². The zero-order valence-corrected chi connectivity index (χ0v) is 14.2. The number of likely N-dealkylation sites (tertiary alicyclic amines) is 1. The van der Waals surface area contributed by atoms with Crippen LogP contribution in [0.3, 0.4) is 0 Å². The summed E-state index contributed by atoms with van der Waals surface area (Å²) in [6.45, 7) is 2.59. The van der Waals surface area contributed by atoms with E-state index in [4.69, 9.17) is 22.1 Å². The van der Waals surface area contributed by atoms with E-state index in [1.54, 1.807) is 6.07 Å². The molecule has 0 radical (unpaired) electrons. The fourth-order valence-electron chi connectivity index (χ4n) is 2.86. The van der Waals surface area contributed by atoms with Crippen LogP contribution in [0.1, 0.15) is 22.3 Å². The average molecular weight is 345 g/mol. The molecule has 1 amide bonds. The predicted octanol–water partition coefficient (Wildman–Crippen LogP) is 3.34. The average Bonchev–Trinajstić information content (AvgIpc) is 3.10. The van der Waals surface area contributed by atoms with Crippen molar-refractivity contribution >= 4 is 17.5 Å². The number of hydrogen-bond donors (Lipinski definition) is 1. The Hall–Kier alpha value is -2.04. The molecule has 0 saturated carbocycles. The molecule has 2 aromatic rings. The molecule has 1 saturated heterocycles. The van der Waals surface area contributed by atoms with Gasteiger partial charge in [0.15, 0.2) is 0 Å². The van der Waals surface area contributed by atoms with Crippen molar-refractivity contribution in [1.82, 2.24) is 4.90 Å². The Kier molecular flexibility index (Phi) is 5.38. The van der Waals surface area contributed by atoms with Crippen molar-refractivity contribution in [2.75, 3.05) is 19.6 Å². The summed E-state index contributed by atoms with van der Waals surface area (Å²) >= 11 is 5.88. The van der Waals surface area contributed by atoms with Crippen LogP contribution in [0.5, 0.6) is 5.75 Å². The molecule has 0 bridgehead atoms. The molecule has 1 aliphatic heterocycles. The van der Waals surface area contributed by atoms with Crippen LogP contribution in [0.4, 0.5) is 0 Å². The van der Waals surface area contributed by atoms with Crippen LogP contribution in [0, 0.1) is 5.92 Å². The second-order valence-electron chi connectivity index (χ2n) is 6.08. The van der Waals surface area contributed by atoms with Crippen molar-refractivity contribution in [3.8, 4) is 5.75 Å². The van der Waals surface area contributed by atoms with Crippen LogP contribution >= 0.6 is 11.6 Å². The first-order chi connectivity index (χ1) is 11.7. The first kappa shape index (κ1) is 16.8. The van der Waals surface area contributed by atoms with E-state index in [1.165, 1.54) is 0 Å². The van der Waals surface area contributed by atoms with Crippen LogP contribution in [0.25, 0.3) is 0 Å². The second kappa shape index (κ2) is 7.69. The normalized spacial score (nSPS) is 17.1. The maximum atomic E-state index is 12.6. The minimum atomic E-state index is 0.0443. The maximum absolute atomic E-state index is 12.6. The zero-order valence-electron chi connectivity index (χ0n) is 13.5. The standard InChI is InChI=1S/C19H21ClN2O2/c20-17-6-4-14(5-7-17)13-24-18-3-1-2-16(10-18)19(23)22-9-8-15(11-21)12-22/h1-7,10,15H,8-9,11-13,21H2/t15-/m0/s1. The Balaban J connectivity index is 1.63. The van der Waals surface area contributed by atoms with Gasteiger partial charge in [0.1, 0.15) is 12.4 Å². The second-order valence-corrected chi connectivity index (χ2v) is 6.52. The zero-order chi connectivity index (χ0) is 16.9. The monoisotopic (exact) mass is 344 g/mol. The van der Waals surface area contributed by atoms with Crippen LogP contribution in [0.15, 0.2) is 48.5 Å². The topological polar surface area (TPSA) is 55.6 Å². The Morgan fingerprint density at radius 2 is 2.04 bits per heavy atom. The lowest BCUT2D eigenvalue weighted by molar-refractivity contribution is 0.0787. The van der Waals surface area contributed by atoms with Gasteiger partial charge in [-0.25, -0.2) is 0 Å². The number of hydrogen-bond acceptors (Lipinski definition) is 3. The Bertz CT molecular complexity index is 703. The number of ether oxygens (including phenoxy) is 1. The third kappa shape index (κ3) is 4.08. The van der Waals surface area contributed by atoms with Gasteiger partial charge in [-0.1, -0.05) is 29.8 Å². The van der Waals surface area contributed by atoms with E-state index in [2.05, 4.69) is 0 Å². The number of amides is 1. The smallest absolute Gasteiger partial charge is 0.253 e.